The summed E-state index contributed by atoms with van der Waals surface area (Å²) in [5.74, 6) is 0. The molecule has 1 unspecified atom stereocenters. The van der Waals surface area contributed by atoms with Crippen molar-refractivity contribution in [1.82, 2.24) is 0 Å². The number of benzene rings is 1. The normalized spacial score (nSPS) is 12.8. The van der Waals surface area contributed by atoms with E-state index >= 15 is 0 Å². The molecule has 1 atom stereocenters. The SMILES string of the molecule is Cc1cc(C(N)c2cc(Br)c(Br)s2)c(C)cc1Br. The van der Waals surface area contributed by atoms with Gasteiger partial charge in [-0.1, -0.05) is 22.0 Å². The van der Waals surface area contributed by atoms with E-state index in [1.165, 1.54) is 16.7 Å². The molecule has 0 aliphatic rings. The minimum atomic E-state index is -0.0793. The summed E-state index contributed by atoms with van der Waals surface area (Å²) in [5.41, 5.74) is 9.97. The van der Waals surface area contributed by atoms with Crippen LogP contribution in [0, 0.1) is 13.8 Å². The van der Waals surface area contributed by atoms with Crippen LogP contribution in [0.4, 0.5) is 0 Å². The van der Waals surface area contributed by atoms with Gasteiger partial charge < -0.3 is 5.73 Å². The highest BCUT2D eigenvalue weighted by atomic mass is 79.9. The summed E-state index contributed by atoms with van der Waals surface area (Å²) in [7, 11) is 0. The smallest absolute Gasteiger partial charge is 0.0843 e. The third kappa shape index (κ3) is 2.90. The van der Waals surface area contributed by atoms with E-state index in [4.69, 9.17) is 5.73 Å². The summed E-state index contributed by atoms with van der Waals surface area (Å²) >= 11 is 12.2. The van der Waals surface area contributed by atoms with Crippen molar-refractivity contribution < 1.29 is 0 Å². The fourth-order valence-electron chi connectivity index (χ4n) is 1.81. The van der Waals surface area contributed by atoms with Crippen LogP contribution >= 0.6 is 59.1 Å². The van der Waals surface area contributed by atoms with Gasteiger partial charge in [-0.25, -0.2) is 0 Å². The molecule has 1 heterocycles. The molecular formula is C13H12Br3NS. The third-order valence-electron chi connectivity index (χ3n) is 2.85. The van der Waals surface area contributed by atoms with E-state index in [0.29, 0.717) is 0 Å². The van der Waals surface area contributed by atoms with Crippen LogP contribution in [-0.4, -0.2) is 0 Å². The molecule has 0 aliphatic carbocycles. The number of thiophene rings is 1. The molecule has 2 aromatic rings. The molecule has 0 fully saturated rings. The van der Waals surface area contributed by atoms with E-state index in [9.17, 15) is 0 Å². The zero-order valence-corrected chi connectivity index (χ0v) is 15.5. The summed E-state index contributed by atoms with van der Waals surface area (Å²) in [6.07, 6.45) is 0. The van der Waals surface area contributed by atoms with Crippen LogP contribution in [0.15, 0.2) is 30.9 Å². The summed E-state index contributed by atoms with van der Waals surface area (Å²) in [6.45, 7) is 4.18. The molecule has 0 amide bonds. The average molecular weight is 454 g/mol. The first kappa shape index (κ1) is 14.7. The van der Waals surface area contributed by atoms with Crippen molar-refractivity contribution in [3.8, 4) is 0 Å². The second-order valence-corrected chi connectivity index (χ2v) is 8.32. The maximum Gasteiger partial charge on any atom is 0.0843 e. The number of halogens is 3. The maximum atomic E-state index is 6.37. The predicted molar refractivity (Wildman–Crippen MR) is 89.4 cm³/mol. The van der Waals surface area contributed by atoms with Gasteiger partial charge in [-0.15, -0.1) is 11.3 Å². The Morgan fingerprint density at radius 1 is 1.00 bits per heavy atom. The Kier molecular flexibility index (Phi) is 4.70. The topological polar surface area (TPSA) is 26.0 Å². The lowest BCUT2D eigenvalue weighted by Gasteiger charge is -2.15. The minimum absolute atomic E-state index is 0.0793. The minimum Gasteiger partial charge on any atom is -0.320 e. The highest BCUT2D eigenvalue weighted by Crippen LogP contribution is 2.38. The largest absolute Gasteiger partial charge is 0.320 e. The molecular weight excluding hydrogens is 442 g/mol. The van der Waals surface area contributed by atoms with Gasteiger partial charge in [-0.05, 0) is 74.5 Å². The predicted octanol–water partition coefficient (Wildman–Crippen LogP) is 5.70. The van der Waals surface area contributed by atoms with E-state index < -0.39 is 0 Å². The average Bonchev–Trinajstić information content (AvgIpc) is 2.63. The van der Waals surface area contributed by atoms with Gasteiger partial charge in [0.25, 0.3) is 0 Å². The van der Waals surface area contributed by atoms with E-state index in [1.807, 2.05) is 0 Å². The maximum absolute atomic E-state index is 6.37. The van der Waals surface area contributed by atoms with Crippen molar-refractivity contribution in [3.63, 3.8) is 0 Å². The van der Waals surface area contributed by atoms with Crippen LogP contribution in [0.2, 0.25) is 0 Å². The molecule has 1 nitrogen and oxygen atoms in total. The van der Waals surface area contributed by atoms with Crippen molar-refractivity contribution in [2.24, 2.45) is 5.73 Å². The fourth-order valence-corrected chi connectivity index (χ4v) is 4.38. The van der Waals surface area contributed by atoms with E-state index in [0.717, 1.165) is 17.6 Å². The van der Waals surface area contributed by atoms with Crippen LogP contribution in [0.3, 0.4) is 0 Å². The second-order valence-electron chi connectivity index (χ2n) is 4.21. The van der Waals surface area contributed by atoms with E-state index in [2.05, 4.69) is 79.8 Å². The fraction of sp³-hybridized carbons (Fsp3) is 0.231. The summed E-state index contributed by atoms with van der Waals surface area (Å²) in [6, 6.07) is 6.29. The molecule has 1 aromatic carbocycles. The first-order valence-corrected chi connectivity index (χ1v) is 8.56. The van der Waals surface area contributed by atoms with Gasteiger partial charge in [-0.3, -0.25) is 0 Å². The molecule has 1 aromatic heterocycles. The molecule has 0 saturated carbocycles. The van der Waals surface area contributed by atoms with Crippen LogP contribution in [0.5, 0.6) is 0 Å². The highest BCUT2D eigenvalue weighted by molar-refractivity contribution is 9.13. The molecule has 0 bridgehead atoms. The number of rotatable bonds is 2. The van der Waals surface area contributed by atoms with Gasteiger partial charge in [0.2, 0.25) is 0 Å². The molecule has 0 aliphatic heterocycles. The third-order valence-corrected chi connectivity index (χ3v) is 7.05. The summed E-state index contributed by atoms with van der Waals surface area (Å²) in [5, 5.41) is 0. The van der Waals surface area contributed by atoms with E-state index in [1.54, 1.807) is 11.3 Å². The first-order valence-electron chi connectivity index (χ1n) is 5.37. The Hall–Kier alpha value is 0.320. The first-order chi connectivity index (χ1) is 8.40. The standard InChI is InChI=1S/C13H12Br3NS/c1-6-4-9(14)7(2)3-8(6)12(17)11-5-10(15)13(16)18-11/h3-5,12H,17H2,1-2H3. The number of hydrogen-bond donors (Lipinski definition) is 1. The molecule has 5 heteroatoms. The molecule has 2 rings (SSSR count). The van der Waals surface area contributed by atoms with E-state index in [-0.39, 0.29) is 6.04 Å². The Balaban J connectivity index is 2.45. The van der Waals surface area contributed by atoms with Crippen molar-refractivity contribution in [1.29, 1.82) is 0 Å². The monoisotopic (exact) mass is 451 g/mol. The Morgan fingerprint density at radius 3 is 2.22 bits per heavy atom. The zero-order chi connectivity index (χ0) is 13.4. The molecule has 18 heavy (non-hydrogen) atoms. The van der Waals surface area contributed by atoms with Crippen LogP contribution in [-0.2, 0) is 0 Å². The van der Waals surface area contributed by atoms with Crippen LogP contribution in [0.1, 0.15) is 27.6 Å². The molecule has 2 N–H and O–H groups in total. The van der Waals surface area contributed by atoms with Gasteiger partial charge in [0.15, 0.2) is 0 Å². The van der Waals surface area contributed by atoms with Crippen LogP contribution < -0.4 is 5.73 Å². The summed E-state index contributed by atoms with van der Waals surface area (Å²) < 4.78 is 3.27. The van der Waals surface area contributed by atoms with Gasteiger partial charge in [-0.2, -0.15) is 0 Å². The lowest BCUT2D eigenvalue weighted by Crippen LogP contribution is -2.12. The number of aryl methyl sites for hydroxylation is 2. The lowest BCUT2D eigenvalue weighted by molar-refractivity contribution is 0.879. The van der Waals surface area contributed by atoms with Crippen molar-refractivity contribution in [2.75, 3.05) is 0 Å². The Bertz CT molecular complexity index is 573. The van der Waals surface area contributed by atoms with Gasteiger partial charge in [0.05, 0.1) is 9.83 Å². The van der Waals surface area contributed by atoms with Gasteiger partial charge >= 0.3 is 0 Å². The van der Waals surface area contributed by atoms with Gasteiger partial charge in [0.1, 0.15) is 0 Å². The Morgan fingerprint density at radius 2 is 1.67 bits per heavy atom. The van der Waals surface area contributed by atoms with Crippen LogP contribution in [0.25, 0.3) is 0 Å². The summed E-state index contributed by atoms with van der Waals surface area (Å²) in [4.78, 5) is 1.15. The number of hydrogen-bond acceptors (Lipinski definition) is 2. The molecule has 0 radical (unpaired) electrons. The second kappa shape index (κ2) is 5.75. The molecule has 0 spiro atoms. The molecule has 0 saturated heterocycles. The molecule has 96 valence electrons. The van der Waals surface area contributed by atoms with Crippen molar-refractivity contribution in [3.05, 3.63) is 52.5 Å². The zero-order valence-electron chi connectivity index (χ0n) is 9.93. The number of nitrogens with two attached hydrogens (primary N) is 1. The van der Waals surface area contributed by atoms with Crippen molar-refractivity contribution in [2.45, 2.75) is 19.9 Å². The lowest BCUT2D eigenvalue weighted by atomic mass is 9.98. The highest BCUT2D eigenvalue weighted by Gasteiger charge is 2.16. The Labute approximate surface area is 136 Å². The quantitative estimate of drug-likeness (QED) is 0.620. The van der Waals surface area contributed by atoms with Gasteiger partial charge in [0, 0.05) is 13.8 Å². The van der Waals surface area contributed by atoms with Crippen molar-refractivity contribution >= 4 is 59.1 Å².